The van der Waals surface area contributed by atoms with Gasteiger partial charge in [-0.15, -0.1) is 22.7 Å². The molecule has 46 heavy (non-hydrogen) atoms. The number of nitrogens with one attached hydrogen (secondary N) is 1. The highest BCUT2D eigenvalue weighted by atomic mass is 32.2. The normalized spacial score (nSPS) is 11.2. The molecule has 232 valence electrons. The Morgan fingerprint density at radius 2 is 1.54 bits per heavy atom. The lowest BCUT2D eigenvalue weighted by atomic mass is 9.98. The summed E-state index contributed by atoms with van der Waals surface area (Å²) in [5.74, 6) is -0.469. The molecule has 0 saturated carbocycles. The topological polar surface area (TPSA) is 90.3 Å². The van der Waals surface area contributed by atoms with E-state index in [4.69, 9.17) is 9.72 Å². The number of anilines is 1. The molecule has 3 heterocycles. The van der Waals surface area contributed by atoms with E-state index in [1.165, 1.54) is 40.0 Å². The van der Waals surface area contributed by atoms with Crippen molar-refractivity contribution in [3.63, 3.8) is 0 Å². The Balaban J connectivity index is 1.30. The molecular formula is C36H31N3O4S3. The molecule has 1 N–H and O–H groups in total. The second-order valence-corrected chi connectivity index (χ2v) is 13.4. The molecule has 0 aliphatic carbocycles. The SMILES string of the molecule is CCOC(=O)c1c(-c2ccc(C(C)C)cc2)csc1NC(=O)CSc1nc2scc(-c3ccccc3)c2c(=O)n1-c1ccccc1. The highest BCUT2D eigenvalue weighted by Gasteiger charge is 2.24. The van der Waals surface area contributed by atoms with E-state index < -0.39 is 5.97 Å². The van der Waals surface area contributed by atoms with Crippen LogP contribution in [0.3, 0.4) is 0 Å². The van der Waals surface area contributed by atoms with E-state index in [1.54, 1.807) is 11.5 Å². The van der Waals surface area contributed by atoms with Crippen molar-refractivity contribution in [2.45, 2.75) is 31.8 Å². The maximum atomic E-state index is 14.1. The Bertz CT molecular complexity index is 2070. The number of aromatic nitrogens is 2. The van der Waals surface area contributed by atoms with Crippen molar-refractivity contribution in [1.29, 1.82) is 0 Å². The zero-order valence-corrected chi connectivity index (χ0v) is 27.9. The van der Waals surface area contributed by atoms with Crippen LogP contribution in [0.2, 0.25) is 0 Å². The molecule has 0 bridgehead atoms. The number of amides is 1. The van der Waals surface area contributed by atoms with E-state index in [9.17, 15) is 14.4 Å². The Labute approximate surface area is 278 Å². The average Bonchev–Trinajstić information content (AvgIpc) is 3.69. The minimum absolute atomic E-state index is 0.0275. The molecule has 0 aliphatic rings. The number of esters is 1. The van der Waals surface area contributed by atoms with Crippen molar-refractivity contribution in [3.05, 3.63) is 117 Å². The number of hydrogen-bond donors (Lipinski definition) is 1. The van der Waals surface area contributed by atoms with E-state index in [1.807, 2.05) is 95.7 Å². The van der Waals surface area contributed by atoms with Gasteiger partial charge in [-0.05, 0) is 41.7 Å². The molecule has 10 heteroatoms. The van der Waals surface area contributed by atoms with Gasteiger partial charge in [0.2, 0.25) is 5.91 Å². The molecule has 0 atom stereocenters. The van der Waals surface area contributed by atoms with E-state index in [-0.39, 0.29) is 23.8 Å². The highest BCUT2D eigenvalue weighted by Crippen LogP contribution is 2.37. The number of fused-ring (bicyclic) bond motifs is 1. The fraction of sp³-hybridized carbons (Fsp3) is 0.167. The maximum Gasteiger partial charge on any atom is 0.341 e. The summed E-state index contributed by atoms with van der Waals surface area (Å²) in [4.78, 5) is 46.0. The maximum absolute atomic E-state index is 14.1. The van der Waals surface area contributed by atoms with Crippen LogP contribution in [-0.4, -0.2) is 33.8 Å². The van der Waals surface area contributed by atoms with Gasteiger partial charge in [-0.2, -0.15) is 0 Å². The first-order chi connectivity index (χ1) is 22.4. The molecular weight excluding hydrogens is 635 g/mol. The third kappa shape index (κ3) is 6.42. The summed E-state index contributed by atoms with van der Waals surface area (Å²) in [6.07, 6.45) is 0. The van der Waals surface area contributed by atoms with Crippen LogP contribution in [0.15, 0.2) is 106 Å². The Morgan fingerprint density at radius 3 is 2.22 bits per heavy atom. The monoisotopic (exact) mass is 665 g/mol. The van der Waals surface area contributed by atoms with Crippen LogP contribution in [0.5, 0.6) is 0 Å². The van der Waals surface area contributed by atoms with Crippen LogP contribution in [-0.2, 0) is 9.53 Å². The van der Waals surface area contributed by atoms with Gasteiger partial charge in [-0.1, -0.05) is 98.4 Å². The van der Waals surface area contributed by atoms with Gasteiger partial charge in [0.1, 0.15) is 15.4 Å². The van der Waals surface area contributed by atoms with Crippen LogP contribution in [0.4, 0.5) is 5.00 Å². The average molecular weight is 666 g/mol. The van der Waals surface area contributed by atoms with Crippen LogP contribution >= 0.6 is 34.4 Å². The number of rotatable bonds is 10. The van der Waals surface area contributed by atoms with Gasteiger partial charge in [0.25, 0.3) is 5.56 Å². The molecule has 0 aliphatic heterocycles. The van der Waals surface area contributed by atoms with Gasteiger partial charge in [0.15, 0.2) is 5.16 Å². The molecule has 0 saturated heterocycles. The summed E-state index contributed by atoms with van der Waals surface area (Å²) >= 11 is 3.85. The predicted molar refractivity (Wildman–Crippen MR) is 190 cm³/mol. The summed E-state index contributed by atoms with van der Waals surface area (Å²) in [5, 5.41) is 8.10. The second kappa shape index (κ2) is 13.9. The quantitative estimate of drug-likeness (QED) is 0.0893. The number of carbonyl (C=O) groups excluding carboxylic acids is 2. The van der Waals surface area contributed by atoms with Gasteiger partial charge < -0.3 is 10.1 Å². The summed E-state index contributed by atoms with van der Waals surface area (Å²) < 4.78 is 6.94. The lowest BCUT2D eigenvalue weighted by molar-refractivity contribution is -0.113. The van der Waals surface area contributed by atoms with Crippen molar-refractivity contribution < 1.29 is 14.3 Å². The second-order valence-electron chi connectivity index (χ2n) is 10.8. The third-order valence-corrected chi connectivity index (χ3v) is 10.1. The van der Waals surface area contributed by atoms with Gasteiger partial charge in [-0.25, -0.2) is 9.78 Å². The number of carbonyl (C=O) groups is 2. The smallest absolute Gasteiger partial charge is 0.341 e. The first-order valence-electron chi connectivity index (χ1n) is 14.8. The fourth-order valence-electron chi connectivity index (χ4n) is 5.11. The standard InChI is InChI=1S/C36H31N3O4S3/c1-4-43-35(42)31-28(25-17-15-23(16-18-25)22(2)3)20-45-33(31)37-29(40)21-46-36-38-32-30(27(19-44-32)24-11-7-5-8-12-24)34(41)39(36)26-13-9-6-10-14-26/h5-20,22H,4,21H2,1-3H3,(H,37,40). The van der Waals surface area contributed by atoms with Gasteiger partial charge in [-0.3, -0.25) is 14.2 Å². The molecule has 0 fully saturated rings. The lowest BCUT2D eigenvalue weighted by Gasteiger charge is -2.13. The van der Waals surface area contributed by atoms with E-state index >= 15 is 0 Å². The van der Waals surface area contributed by atoms with Crippen molar-refractivity contribution in [1.82, 2.24) is 9.55 Å². The van der Waals surface area contributed by atoms with E-state index in [0.717, 1.165) is 16.7 Å². The summed E-state index contributed by atoms with van der Waals surface area (Å²) in [7, 11) is 0. The molecule has 7 nitrogen and oxygen atoms in total. The molecule has 3 aromatic heterocycles. The fourth-order valence-corrected chi connectivity index (χ4v) is 7.89. The van der Waals surface area contributed by atoms with Gasteiger partial charge >= 0.3 is 5.97 Å². The number of ether oxygens (including phenoxy) is 1. The third-order valence-electron chi connectivity index (χ3n) is 7.42. The Hall–Kier alpha value is -4.51. The van der Waals surface area contributed by atoms with Gasteiger partial charge in [0.05, 0.1) is 23.4 Å². The minimum Gasteiger partial charge on any atom is -0.462 e. The molecule has 0 spiro atoms. The Kier molecular flexibility index (Phi) is 9.48. The molecule has 1 amide bonds. The summed E-state index contributed by atoms with van der Waals surface area (Å²) in [5.41, 5.74) is 5.33. The van der Waals surface area contributed by atoms with Crippen molar-refractivity contribution in [2.75, 3.05) is 17.7 Å². The van der Waals surface area contributed by atoms with Crippen molar-refractivity contribution >= 4 is 61.5 Å². The lowest BCUT2D eigenvalue weighted by Crippen LogP contribution is -2.23. The number of benzene rings is 3. The molecule has 0 unspecified atom stereocenters. The van der Waals surface area contributed by atoms with Crippen molar-refractivity contribution in [2.24, 2.45) is 0 Å². The number of thioether (sulfide) groups is 1. The molecule has 3 aromatic carbocycles. The molecule has 6 rings (SSSR count). The number of para-hydroxylation sites is 1. The number of hydrogen-bond acceptors (Lipinski definition) is 8. The first kappa shape index (κ1) is 31.5. The first-order valence-corrected chi connectivity index (χ1v) is 17.6. The zero-order chi connectivity index (χ0) is 32.2. The predicted octanol–water partition coefficient (Wildman–Crippen LogP) is 8.87. The number of nitrogens with zero attached hydrogens (tertiary/aromatic N) is 2. The Morgan fingerprint density at radius 1 is 0.891 bits per heavy atom. The zero-order valence-electron chi connectivity index (χ0n) is 25.5. The van der Waals surface area contributed by atoms with Crippen molar-refractivity contribution in [3.8, 4) is 27.9 Å². The van der Waals surface area contributed by atoms with Crippen LogP contribution in [0.25, 0.3) is 38.2 Å². The largest absolute Gasteiger partial charge is 0.462 e. The minimum atomic E-state index is -0.494. The van der Waals surface area contributed by atoms with Crippen LogP contribution < -0.4 is 10.9 Å². The van der Waals surface area contributed by atoms with E-state index in [2.05, 4.69) is 19.2 Å². The van der Waals surface area contributed by atoms with Crippen LogP contribution in [0.1, 0.15) is 42.6 Å². The highest BCUT2D eigenvalue weighted by molar-refractivity contribution is 7.99. The number of thiophene rings is 2. The molecule has 0 radical (unpaired) electrons. The van der Waals surface area contributed by atoms with E-state index in [0.29, 0.717) is 43.1 Å². The van der Waals surface area contributed by atoms with Gasteiger partial charge in [0, 0.05) is 21.9 Å². The summed E-state index contributed by atoms with van der Waals surface area (Å²) in [6.45, 7) is 6.22. The molecule has 6 aromatic rings. The summed E-state index contributed by atoms with van der Waals surface area (Å²) in [6, 6.07) is 27.1. The van der Waals surface area contributed by atoms with Crippen LogP contribution in [0, 0.1) is 0 Å².